The van der Waals surface area contributed by atoms with Crippen LogP contribution in [0.2, 0.25) is 0 Å². The summed E-state index contributed by atoms with van der Waals surface area (Å²) < 4.78 is 0. The van der Waals surface area contributed by atoms with E-state index in [1.807, 2.05) is 0 Å². The summed E-state index contributed by atoms with van der Waals surface area (Å²) in [5, 5.41) is 21.6. The minimum atomic E-state index is -0.317. The van der Waals surface area contributed by atoms with Crippen LogP contribution in [0.5, 0.6) is 0 Å². The SMILES string of the molecule is C=C(CC[C@@H](C)[C@H]1CC[C@H]2[C@@H]3[C@H](O)C=C4C[C@@H](O)CC[C@]4(C)[C@H]3CC[C@]12C)C(C)CC. The molecule has 0 bridgehead atoms. The Hall–Kier alpha value is -0.600. The Labute approximate surface area is 191 Å². The molecule has 0 aromatic carbocycles. The molecule has 0 amide bonds. The molecule has 1 unspecified atom stereocenters. The molecule has 0 aromatic rings. The summed E-state index contributed by atoms with van der Waals surface area (Å²) >= 11 is 0. The number of hydrogen-bond donors (Lipinski definition) is 2. The van der Waals surface area contributed by atoms with Gasteiger partial charge in [-0.1, -0.05) is 58.4 Å². The average molecular weight is 429 g/mol. The van der Waals surface area contributed by atoms with Crippen LogP contribution < -0.4 is 0 Å². The largest absolute Gasteiger partial charge is 0.393 e. The zero-order valence-electron chi connectivity index (χ0n) is 20.9. The number of aliphatic hydroxyl groups excluding tert-OH is 2. The molecule has 0 radical (unpaired) electrons. The summed E-state index contributed by atoms with van der Waals surface area (Å²) in [6, 6.07) is 0. The van der Waals surface area contributed by atoms with Crippen LogP contribution in [0.4, 0.5) is 0 Å². The van der Waals surface area contributed by atoms with Crippen LogP contribution >= 0.6 is 0 Å². The van der Waals surface area contributed by atoms with Gasteiger partial charge in [0.25, 0.3) is 0 Å². The lowest BCUT2D eigenvalue weighted by Gasteiger charge is -2.59. The van der Waals surface area contributed by atoms with Crippen LogP contribution in [0.25, 0.3) is 0 Å². The van der Waals surface area contributed by atoms with Crippen LogP contribution in [-0.4, -0.2) is 22.4 Å². The van der Waals surface area contributed by atoms with Gasteiger partial charge in [-0.3, -0.25) is 0 Å². The third kappa shape index (κ3) is 3.88. The number of aliphatic hydroxyl groups is 2. The van der Waals surface area contributed by atoms with Crippen LogP contribution in [0.1, 0.15) is 98.8 Å². The highest BCUT2D eigenvalue weighted by Crippen LogP contribution is 2.67. The molecule has 0 saturated heterocycles. The van der Waals surface area contributed by atoms with Crippen LogP contribution in [0.15, 0.2) is 23.8 Å². The predicted octanol–water partition coefficient (Wildman–Crippen LogP) is 6.92. The maximum atomic E-state index is 11.3. The van der Waals surface area contributed by atoms with E-state index >= 15 is 0 Å². The quantitative estimate of drug-likeness (QED) is 0.451. The Balaban J connectivity index is 1.51. The number of rotatable bonds is 6. The Morgan fingerprint density at radius 3 is 2.55 bits per heavy atom. The summed E-state index contributed by atoms with van der Waals surface area (Å²) in [6.45, 7) is 16.5. The van der Waals surface area contributed by atoms with Gasteiger partial charge in [0, 0.05) is 0 Å². The first-order valence-electron chi connectivity index (χ1n) is 13.4. The van der Waals surface area contributed by atoms with Gasteiger partial charge in [0.2, 0.25) is 0 Å². The normalized spacial score (nSPS) is 46.4. The van der Waals surface area contributed by atoms with Crippen molar-refractivity contribution in [2.75, 3.05) is 0 Å². The molecule has 0 aromatic heterocycles. The van der Waals surface area contributed by atoms with E-state index in [9.17, 15) is 10.2 Å². The van der Waals surface area contributed by atoms with E-state index in [4.69, 9.17) is 0 Å². The maximum Gasteiger partial charge on any atom is 0.0757 e. The predicted molar refractivity (Wildman–Crippen MR) is 130 cm³/mol. The van der Waals surface area contributed by atoms with Crippen LogP contribution in [0.3, 0.4) is 0 Å². The lowest BCUT2D eigenvalue weighted by atomic mass is 9.46. The molecule has 2 heteroatoms. The highest BCUT2D eigenvalue weighted by Gasteiger charge is 2.61. The lowest BCUT2D eigenvalue weighted by molar-refractivity contribution is -0.0970. The minimum Gasteiger partial charge on any atom is -0.393 e. The summed E-state index contributed by atoms with van der Waals surface area (Å²) in [5.74, 6) is 3.80. The molecule has 4 rings (SSSR count). The highest BCUT2D eigenvalue weighted by molar-refractivity contribution is 5.28. The van der Waals surface area contributed by atoms with E-state index in [1.165, 1.54) is 56.1 Å². The molecule has 3 fully saturated rings. The van der Waals surface area contributed by atoms with Crippen molar-refractivity contribution in [1.29, 1.82) is 0 Å². The van der Waals surface area contributed by atoms with Crippen molar-refractivity contribution in [3.8, 4) is 0 Å². The van der Waals surface area contributed by atoms with Gasteiger partial charge in [0.15, 0.2) is 0 Å². The smallest absolute Gasteiger partial charge is 0.0757 e. The fourth-order valence-electron chi connectivity index (χ4n) is 8.75. The molecule has 0 heterocycles. The maximum absolute atomic E-state index is 11.3. The molecule has 2 N–H and O–H groups in total. The van der Waals surface area contributed by atoms with E-state index in [0.717, 1.165) is 31.1 Å². The number of hydrogen-bond acceptors (Lipinski definition) is 2. The fraction of sp³-hybridized carbons (Fsp3) is 0.862. The third-order valence-electron chi connectivity index (χ3n) is 11.1. The second-order valence-electron chi connectivity index (χ2n) is 12.5. The molecule has 2 nitrogen and oxygen atoms in total. The first-order chi connectivity index (χ1) is 14.6. The average Bonchev–Trinajstić information content (AvgIpc) is 3.09. The fourth-order valence-corrected chi connectivity index (χ4v) is 8.75. The second-order valence-corrected chi connectivity index (χ2v) is 12.5. The van der Waals surface area contributed by atoms with Gasteiger partial charge < -0.3 is 10.2 Å². The molecule has 4 aliphatic rings. The van der Waals surface area contributed by atoms with Crippen molar-refractivity contribution in [3.63, 3.8) is 0 Å². The number of allylic oxidation sites excluding steroid dienone is 1. The van der Waals surface area contributed by atoms with Gasteiger partial charge in [-0.15, -0.1) is 0 Å². The van der Waals surface area contributed by atoms with Crippen LogP contribution in [0, 0.1) is 46.3 Å². The Morgan fingerprint density at radius 2 is 1.84 bits per heavy atom. The Kier molecular flexibility index (Phi) is 6.56. The van der Waals surface area contributed by atoms with Gasteiger partial charge in [-0.05, 0) is 111 Å². The standard InChI is InChI=1S/C29H48O2/c1-7-18(2)19(3)8-9-20(4)23-10-11-24-27-25(13-15-29(23,24)6)28(5)14-12-22(30)16-21(28)17-26(27)31/h17-18,20,22-27,30-31H,3,7-16H2,1-2,4-6H3/t18?,20-,22+,23-,24+,25+,26-,27+,28+,29-/m1/s1. The van der Waals surface area contributed by atoms with E-state index in [1.54, 1.807) is 0 Å². The summed E-state index contributed by atoms with van der Waals surface area (Å²) in [4.78, 5) is 0. The monoisotopic (exact) mass is 428 g/mol. The third-order valence-corrected chi connectivity index (χ3v) is 11.1. The van der Waals surface area contributed by atoms with E-state index in [-0.39, 0.29) is 17.6 Å². The van der Waals surface area contributed by atoms with Gasteiger partial charge in [-0.25, -0.2) is 0 Å². The van der Waals surface area contributed by atoms with Crippen molar-refractivity contribution in [2.45, 2.75) is 111 Å². The molecule has 3 saturated carbocycles. The molecular formula is C29H48O2. The van der Waals surface area contributed by atoms with Crippen molar-refractivity contribution in [2.24, 2.45) is 46.3 Å². The zero-order chi connectivity index (χ0) is 22.6. The van der Waals surface area contributed by atoms with E-state index in [0.29, 0.717) is 29.1 Å². The van der Waals surface area contributed by atoms with Gasteiger partial charge in [-0.2, -0.15) is 0 Å². The minimum absolute atomic E-state index is 0.197. The van der Waals surface area contributed by atoms with Gasteiger partial charge in [0.05, 0.1) is 12.2 Å². The second kappa shape index (κ2) is 8.64. The molecule has 0 aliphatic heterocycles. The van der Waals surface area contributed by atoms with Crippen molar-refractivity contribution < 1.29 is 10.2 Å². The topological polar surface area (TPSA) is 40.5 Å². The molecular weight excluding hydrogens is 380 g/mol. The van der Waals surface area contributed by atoms with Crippen molar-refractivity contribution >= 4 is 0 Å². The molecule has 4 aliphatic carbocycles. The zero-order valence-corrected chi connectivity index (χ0v) is 20.9. The summed E-state index contributed by atoms with van der Waals surface area (Å²) in [5.41, 5.74) is 3.36. The molecule has 31 heavy (non-hydrogen) atoms. The lowest BCUT2D eigenvalue weighted by Crippen LogP contribution is -2.54. The van der Waals surface area contributed by atoms with E-state index < -0.39 is 0 Å². The first kappa shape index (κ1) is 23.6. The first-order valence-corrected chi connectivity index (χ1v) is 13.4. The molecule has 10 atom stereocenters. The van der Waals surface area contributed by atoms with Gasteiger partial charge in [0.1, 0.15) is 0 Å². The van der Waals surface area contributed by atoms with Crippen molar-refractivity contribution in [1.82, 2.24) is 0 Å². The Bertz CT molecular complexity index is 710. The molecule has 176 valence electrons. The molecule has 0 spiro atoms. The van der Waals surface area contributed by atoms with Gasteiger partial charge >= 0.3 is 0 Å². The number of fused-ring (bicyclic) bond motifs is 5. The van der Waals surface area contributed by atoms with Crippen molar-refractivity contribution in [3.05, 3.63) is 23.8 Å². The summed E-state index contributed by atoms with van der Waals surface area (Å²) in [6.07, 6.45) is 13.3. The summed E-state index contributed by atoms with van der Waals surface area (Å²) in [7, 11) is 0. The highest BCUT2D eigenvalue weighted by atomic mass is 16.3. The van der Waals surface area contributed by atoms with Crippen LogP contribution in [-0.2, 0) is 0 Å². The van der Waals surface area contributed by atoms with E-state index in [2.05, 4.69) is 47.3 Å². The Morgan fingerprint density at radius 1 is 1.10 bits per heavy atom.